The van der Waals surface area contributed by atoms with Crippen LogP contribution in [0.2, 0.25) is 0 Å². The standard InChI is InChI=1S/C11H16N2O4S/c1-17-5-6-18(15,16)8-11(14)13-10-4-2-3-9(12)7-10/h2-4,7H,5-6,8,12H2,1H3,(H,13,14). The van der Waals surface area contributed by atoms with Crippen LogP contribution in [-0.2, 0) is 19.4 Å². The Morgan fingerprint density at radius 2 is 2.17 bits per heavy atom. The average Bonchev–Trinajstić information content (AvgIpc) is 2.25. The normalized spacial score (nSPS) is 11.2. The molecule has 1 rings (SSSR count). The summed E-state index contributed by atoms with van der Waals surface area (Å²) in [4.78, 5) is 11.5. The minimum atomic E-state index is -3.44. The topological polar surface area (TPSA) is 98.5 Å². The maximum absolute atomic E-state index is 11.5. The smallest absolute Gasteiger partial charge is 0.239 e. The highest BCUT2D eigenvalue weighted by Gasteiger charge is 2.16. The Morgan fingerprint density at radius 3 is 2.78 bits per heavy atom. The summed E-state index contributed by atoms with van der Waals surface area (Å²) >= 11 is 0. The van der Waals surface area contributed by atoms with Gasteiger partial charge in [0.1, 0.15) is 5.75 Å². The monoisotopic (exact) mass is 272 g/mol. The fourth-order valence-electron chi connectivity index (χ4n) is 1.30. The lowest BCUT2D eigenvalue weighted by Crippen LogP contribution is -2.26. The summed E-state index contributed by atoms with van der Waals surface area (Å²) in [6.07, 6.45) is 0. The van der Waals surface area contributed by atoms with Crippen molar-refractivity contribution >= 4 is 27.1 Å². The number of carbonyl (C=O) groups excluding carboxylic acids is 1. The molecule has 0 heterocycles. The van der Waals surface area contributed by atoms with Crippen molar-refractivity contribution in [3.8, 4) is 0 Å². The zero-order valence-corrected chi connectivity index (χ0v) is 10.9. The van der Waals surface area contributed by atoms with Gasteiger partial charge in [-0.25, -0.2) is 8.42 Å². The van der Waals surface area contributed by atoms with Crippen molar-refractivity contribution in [2.75, 3.05) is 36.3 Å². The van der Waals surface area contributed by atoms with Crippen molar-refractivity contribution in [1.82, 2.24) is 0 Å². The third-order valence-corrected chi connectivity index (χ3v) is 3.61. The van der Waals surface area contributed by atoms with Crippen LogP contribution in [0.4, 0.5) is 11.4 Å². The predicted octanol–water partition coefficient (Wildman–Crippen LogP) is 0.268. The number of hydrogen-bond donors (Lipinski definition) is 2. The zero-order chi connectivity index (χ0) is 13.6. The Morgan fingerprint density at radius 1 is 1.44 bits per heavy atom. The van der Waals surface area contributed by atoms with E-state index in [-0.39, 0.29) is 12.4 Å². The number of ether oxygens (including phenoxy) is 1. The number of amides is 1. The molecule has 0 aliphatic rings. The van der Waals surface area contributed by atoms with E-state index in [1.807, 2.05) is 0 Å². The van der Waals surface area contributed by atoms with Crippen LogP contribution < -0.4 is 11.1 Å². The van der Waals surface area contributed by atoms with E-state index in [2.05, 4.69) is 10.1 Å². The van der Waals surface area contributed by atoms with E-state index in [1.165, 1.54) is 7.11 Å². The third-order valence-electron chi connectivity index (χ3n) is 2.12. The highest BCUT2D eigenvalue weighted by molar-refractivity contribution is 7.92. The molecule has 1 aromatic carbocycles. The van der Waals surface area contributed by atoms with Gasteiger partial charge >= 0.3 is 0 Å². The number of nitrogen functional groups attached to an aromatic ring is 1. The minimum Gasteiger partial charge on any atom is -0.399 e. The third kappa shape index (κ3) is 5.15. The Bertz CT molecular complexity index is 514. The first-order valence-corrected chi connectivity index (χ1v) is 7.10. The molecule has 100 valence electrons. The van der Waals surface area contributed by atoms with E-state index in [4.69, 9.17) is 5.73 Å². The summed E-state index contributed by atoms with van der Waals surface area (Å²) in [5.74, 6) is -1.32. The summed E-state index contributed by atoms with van der Waals surface area (Å²) in [5, 5.41) is 2.48. The molecule has 0 bridgehead atoms. The molecule has 0 aromatic heterocycles. The van der Waals surface area contributed by atoms with Gasteiger partial charge in [-0.3, -0.25) is 4.79 Å². The molecule has 0 spiro atoms. The number of nitrogens with one attached hydrogen (secondary N) is 1. The van der Waals surface area contributed by atoms with Gasteiger partial charge in [-0.1, -0.05) is 6.07 Å². The largest absolute Gasteiger partial charge is 0.399 e. The molecule has 0 unspecified atom stereocenters. The Kier molecular flexibility index (Phi) is 5.11. The van der Waals surface area contributed by atoms with Crippen LogP contribution >= 0.6 is 0 Å². The van der Waals surface area contributed by atoms with Crippen LogP contribution in [-0.4, -0.2) is 39.5 Å². The van der Waals surface area contributed by atoms with Crippen LogP contribution in [0.1, 0.15) is 0 Å². The van der Waals surface area contributed by atoms with Crippen LogP contribution in [0, 0.1) is 0 Å². The predicted molar refractivity (Wildman–Crippen MR) is 70.0 cm³/mol. The first-order chi connectivity index (χ1) is 8.43. The van der Waals surface area contributed by atoms with Gasteiger partial charge in [0.2, 0.25) is 5.91 Å². The fraction of sp³-hybridized carbons (Fsp3) is 0.364. The van der Waals surface area contributed by atoms with Crippen LogP contribution in [0.15, 0.2) is 24.3 Å². The van der Waals surface area contributed by atoms with Crippen molar-refractivity contribution in [2.24, 2.45) is 0 Å². The number of sulfone groups is 1. The molecule has 6 nitrogen and oxygen atoms in total. The van der Waals surface area contributed by atoms with E-state index in [1.54, 1.807) is 24.3 Å². The van der Waals surface area contributed by atoms with Gasteiger partial charge in [-0.2, -0.15) is 0 Å². The Hall–Kier alpha value is -1.60. The molecule has 0 saturated carbocycles. The number of hydrogen-bond acceptors (Lipinski definition) is 5. The molecule has 1 amide bonds. The molecular weight excluding hydrogens is 256 g/mol. The highest BCUT2D eigenvalue weighted by atomic mass is 32.2. The van der Waals surface area contributed by atoms with Crippen molar-refractivity contribution in [2.45, 2.75) is 0 Å². The van der Waals surface area contributed by atoms with Crippen LogP contribution in [0.3, 0.4) is 0 Å². The molecule has 7 heteroatoms. The lowest BCUT2D eigenvalue weighted by atomic mass is 10.3. The molecule has 0 aliphatic carbocycles. The number of rotatable bonds is 6. The van der Waals surface area contributed by atoms with Crippen molar-refractivity contribution in [3.63, 3.8) is 0 Å². The van der Waals surface area contributed by atoms with Gasteiger partial charge < -0.3 is 15.8 Å². The Labute approximate surface area is 106 Å². The van der Waals surface area contributed by atoms with E-state index < -0.39 is 21.5 Å². The summed E-state index contributed by atoms with van der Waals surface area (Å²) in [7, 11) is -2.04. The van der Waals surface area contributed by atoms with Gasteiger partial charge in [0.05, 0.1) is 12.4 Å². The second-order valence-corrected chi connectivity index (χ2v) is 5.94. The molecule has 3 N–H and O–H groups in total. The molecule has 18 heavy (non-hydrogen) atoms. The lowest BCUT2D eigenvalue weighted by Gasteiger charge is -2.06. The molecule has 0 atom stereocenters. The maximum atomic E-state index is 11.5. The van der Waals surface area contributed by atoms with Gasteiger partial charge in [0.15, 0.2) is 9.84 Å². The summed E-state index contributed by atoms with van der Waals surface area (Å²) < 4.78 is 27.6. The summed E-state index contributed by atoms with van der Waals surface area (Å²) in [6.45, 7) is 0.0773. The van der Waals surface area contributed by atoms with E-state index in [0.717, 1.165) is 0 Å². The van der Waals surface area contributed by atoms with E-state index >= 15 is 0 Å². The minimum absolute atomic E-state index is 0.0773. The number of anilines is 2. The second-order valence-electron chi connectivity index (χ2n) is 3.76. The van der Waals surface area contributed by atoms with Crippen molar-refractivity contribution in [3.05, 3.63) is 24.3 Å². The number of benzene rings is 1. The number of methoxy groups -OCH3 is 1. The molecular formula is C11H16N2O4S. The molecule has 0 fully saturated rings. The molecule has 0 saturated heterocycles. The number of carbonyl (C=O) groups is 1. The van der Waals surface area contributed by atoms with Gasteiger partial charge in [0, 0.05) is 18.5 Å². The molecule has 0 radical (unpaired) electrons. The van der Waals surface area contributed by atoms with Crippen LogP contribution in [0.5, 0.6) is 0 Å². The average molecular weight is 272 g/mol. The quantitative estimate of drug-likeness (QED) is 0.724. The van der Waals surface area contributed by atoms with Crippen molar-refractivity contribution < 1.29 is 17.9 Å². The van der Waals surface area contributed by atoms with E-state index in [9.17, 15) is 13.2 Å². The van der Waals surface area contributed by atoms with Crippen LogP contribution in [0.25, 0.3) is 0 Å². The zero-order valence-electron chi connectivity index (χ0n) is 10.0. The number of nitrogens with two attached hydrogens (primary N) is 1. The molecule has 1 aromatic rings. The summed E-state index contributed by atoms with van der Waals surface area (Å²) in [5.41, 5.74) is 6.51. The first kappa shape index (κ1) is 14.5. The summed E-state index contributed by atoms with van der Waals surface area (Å²) in [6, 6.07) is 6.53. The van der Waals surface area contributed by atoms with E-state index in [0.29, 0.717) is 11.4 Å². The van der Waals surface area contributed by atoms with Gasteiger partial charge in [-0.05, 0) is 18.2 Å². The highest BCUT2D eigenvalue weighted by Crippen LogP contribution is 2.11. The van der Waals surface area contributed by atoms with Gasteiger partial charge in [-0.15, -0.1) is 0 Å². The second kappa shape index (κ2) is 6.36. The first-order valence-electron chi connectivity index (χ1n) is 5.28. The van der Waals surface area contributed by atoms with Gasteiger partial charge in [0.25, 0.3) is 0 Å². The molecule has 0 aliphatic heterocycles. The lowest BCUT2D eigenvalue weighted by molar-refractivity contribution is -0.113. The Balaban J connectivity index is 2.57. The van der Waals surface area contributed by atoms with Crippen molar-refractivity contribution in [1.29, 1.82) is 0 Å². The maximum Gasteiger partial charge on any atom is 0.239 e. The SMILES string of the molecule is COCCS(=O)(=O)CC(=O)Nc1cccc(N)c1. The fourth-order valence-corrected chi connectivity index (χ4v) is 2.33.